The first-order valence-electron chi connectivity index (χ1n) is 13.7. The quantitative estimate of drug-likeness (QED) is 0.279. The van der Waals surface area contributed by atoms with Crippen LogP contribution in [0.4, 0.5) is 0 Å². The van der Waals surface area contributed by atoms with Crippen molar-refractivity contribution >= 4 is 11.9 Å². The molecule has 0 amide bonds. The number of hydrogen-bond donors (Lipinski definition) is 0. The minimum Gasteiger partial charge on any atom is -0.455 e. The maximum atomic E-state index is 12.8. The molecule has 0 aliphatic heterocycles. The Morgan fingerprint density at radius 2 is 1.03 bits per heavy atom. The van der Waals surface area contributed by atoms with Crippen LogP contribution in [0.1, 0.15) is 125 Å². The molecule has 3 saturated carbocycles. The number of esters is 2. The molecule has 0 aromatic heterocycles. The molecule has 192 valence electrons. The summed E-state index contributed by atoms with van der Waals surface area (Å²) in [6, 6.07) is 0. The molecule has 3 rings (SSSR count). The van der Waals surface area contributed by atoms with Gasteiger partial charge < -0.3 is 9.47 Å². The van der Waals surface area contributed by atoms with Crippen molar-refractivity contribution in [1.82, 2.24) is 0 Å². The first-order chi connectivity index (χ1) is 15.9. The Bertz CT molecular complexity index is 785. The Morgan fingerprint density at radius 1 is 0.647 bits per heavy atom. The zero-order chi connectivity index (χ0) is 25.2. The van der Waals surface area contributed by atoms with Crippen molar-refractivity contribution < 1.29 is 19.1 Å². The first kappa shape index (κ1) is 27.0. The van der Waals surface area contributed by atoms with Crippen LogP contribution in [0.15, 0.2) is 24.3 Å². The van der Waals surface area contributed by atoms with Crippen LogP contribution in [-0.4, -0.2) is 23.1 Å². The predicted molar refractivity (Wildman–Crippen MR) is 137 cm³/mol. The van der Waals surface area contributed by atoms with E-state index >= 15 is 0 Å². The normalized spacial score (nSPS) is 30.9. The van der Waals surface area contributed by atoms with Gasteiger partial charge in [0, 0.05) is 22.0 Å². The van der Waals surface area contributed by atoms with Crippen molar-refractivity contribution in [1.29, 1.82) is 0 Å². The average molecular weight is 473 g/mol. The van der Waals surface area contributed by atoms with Crippen molar-refractivity contribution in [2.75, 3.05) is 0 Å². The van der Waals surface area contributed by atoms with Crippen molar-refractivity contribution in [2.24, 2.45) is 16.7 Å². The van der Waals surface area contributed by atoms with Crippen molar-refractivity contribution in [3.8, 4) is 0 Å². The maximum absolute atomic E-state index is 12.8. The standard InChI is InChI=1S/C30H48O4/c1-22(2)25(31)33-29(14-10-8-11-15-29)27(7)18-20-28(21-19-27,24(5)6)30(16-12-9-13-17-30)34-26(32)23(3)4/h24H,1,3,8-21H2,2,4-7H3. The Hall–Kier alpha value is -1.58. The lowest BCUT2D eigenvalue weighted by Gasteiger charge is -2.61. The van der Waals surface area contributed by atoms with Crippen molar-refractivity contribution in [2.45, 2.75) is 136 Å². The van der Waals surface area contributed by atoms with E-state index in [1.54, 1.807) is 13.8 Å². The monoisotopic (exact) mass is 472 g/mol. The van der Waals surface area contributed by atoms with Gasteiger partial charge in [-0.3, -0.25) is 0 Å². The summed E-state index contributed by atoms with van der Waals surface area (Å²) < 4.78 is 12.8. The van der Waals surface area contributed by atoms with Gasteiger partial charge in [0.15, 0.2) is 0 Å². The number of rotatable bonds is 7. The van der Waals surface area contributed by atoms with Crippen molar-refractivity contribution in [3.05, 3.63) is 24.3 Å². The van der Waals surface area contributed by atoms with Gasteiger partial charge in [-0.2, -0.15) is 0 Å². The molecule has 0 aromatic rings. The van der Waals surface area contributed by atoms with Crippen LogP contribution in [0.3, 0.4) is 0 Å². The third-order valence-corrected chi connectivity index (χ3v) is 9.95. The van der Waals surface area contributed by atoms with E-state index in [0.29, 0.717) is 17.1 Å². The molecule has 4 nitrogen and oxygen atoms in total. The number of carbonyl (C=O) groups is 2. The Labute approximate surface area is 207 Å². The summed E-state index contributed by atoms with van der Waals surface area (Å²) >= 11 is 0. The van der Waals surface area contributed by atoms with Gasteiger partial charge in [-0.05, 0) is 96.8 Å². The molecular weight excluding hydrogens is 424 g/mol. The third-order valence-electron chi connectivity index (χ3n) is 9.95. The molecule has 0 heterocycles. The zero-order valence-electron chi connectivity index (χ0n) is 22.5. The molecule has 0 aromatic carbocycles. The highest BCUT2D eigenvalue weighted by Crippen LogP contribution is 2.63. The molecule has 0 radical (unpaired) electrons. The van der Waals surface area contributed by atoms with E-state index in [9.17, 15) is 9.59 Å². The molecule has 0 unspecified atom stereocenters. The van der Waals surface area contributed by atoms with E-state index in [2.05, 4.69) is 33.9 Å². The minimum absolute atomic E-state index is 0.0632. The summed E-state index contributed by atoms with van der Waals surface area (Å²) in [5, 5.41) is 0. The summed E-state index contributed by atoms with van der Waals surface area (Å²) in [6.45, 7) is 18.2. The summed E-state index contributed by atoms with van der Waals surface area (Å²) in [7, 11) is 0. The lowest BCUT2D eigenvalue weighted by atomic mass is 9.48. The van der Waals surface area contributed by atoms with E-state index in [1.807, 2.05) is 0 Å². The van der Waals surface area contributed by atoms with Crippen molar-refractivity contribution in [3.63, 3.8) is 0 Å². The first-order valence-corrected chi connectivity index (χ1v) is 13.7. The molecule has 0 bridgehead atoms. The van der Waals surface area contributed by atoms with Gasteiger partial charge >= 0.3 is 11.9 Å². The van der Waals surface area contributed by atoms with Crippen LogP contribution in [0, 0.1) is 16.7 Å². The molecule has 0 atom stereocenters. The van der Waals surface area contributed by atoms with E-state index < -0.39 is 11.2 Å². The smallest absolute Gasteiger partial charge is 0.333 e. The van der Waals surface area contributed by atoms with Gasteiger partial charge in [0.1, 0.15) is 11.2 Å². The second kappa shape index (κ2) is 10.2. The Morgan fingerprint density at radius 3 is 1.41 bits per heavy atom. The van der Waals surface area contributed by atoms with Gasteiger partial charge in [0.25, 0.3) is 0 Å². The highest BCUT2D eigenvalue weighted by atomic mass is 16.6. The molecule has 3 fully saturated rings. The molecule has 0 saturated heterocycles. The van der Waals surface area contributed by atoms with Gasteiger partial charge in [-0.15, -0.1) is 0 Å². The van der Waals surface area contributed by atoms with E-state index in [4.69, 9.17) is 9.47 Å². The van der Waals surface area contributed by atoms with Crippen LogP contribution in [0.5, 0.6) is 0 Å². The largest absolute Gasteiger partial charge is 0.455 e. The minimum atomic E-state index is -0.426. The molecule has 3 aliphatic carbocycles. The van der Waals surface area contributed by atoms with Gasteiger partial charge in [-0.1, -0.05) is 46.8 Å². The van der Waals surface area contributed by atoms with Gasteiger partial charge in [0.2, 0.25) is 0 Å². The second-order valence-corrected chi connectivity index (χ2v) is 12.3. The Kier molecular flexibility index (Phi) is 8.10. The van der Waals surface area contributed by atoms with E-state index in [1.165, 1.54) is 12.8 Å². The summed E-state index contributed by atoms with van der Waals surface area (Å²) in [5.41, 5.74) is -0.0213. The molecule has 34 heavy (non-hydrogen) atoms. The van der Waals surface area contributed by atoms with Crippen LogP contribution in [0.2, 0.25) is 0 Å². The second-order valence-electron chi connectivity index (χ2n) is 12.3. The summed E-state index contributed by atoms with van der Waals surface area (Å²) in [6.07, 6.45) is 14.6. The lowest BCUT2D eigenvalue weighted by molar-refractivity contribution is -0.218. The van der Waals surface area contributed by atoms with E-state index in [-0.39, 0.29) is 22.8 Å². The van der Waals surface area contributed by atoms with Gasteiger partial charge in [0.05, 0.1) is 0 Å². The fourth-order valence-electron chi connectivity index (χ4n) is 7.57. The number of hydrogen-bond acceptors (Lipinski definition) is 4. The molecule has 3 aliphatic rings. The third kappa shape index (κ3) is 4.75. The molecule has 4 heteroatoms. The molecule has 0 N–H and O–H groups in total. The highest BCUT2D eigenvalue weighted by Gasteiger charge is 2.62. The SMILES string of the molecule is C=C(C)C(=O)OC1(C2(C)CCC(C(C)C)(C3(OC(=O)C(=C)C)CCCCC3)CC2)CCCCC1. The predicted octanol–water partition coefficient (Wildman–Crippen LogP) is 7.85. The summed E-state index contributed by atoms with van der Waals surface area (Å²) in [5.74, 6) is -0.0919. The lowest BCUT2D eigenvalue weighted by Crippen LogP contribution is -2.60. The maximum Gasteiger partial charge on any atom is 0.333 e. The fraction of sp³-hybridized carbons (Fsp3) is 0.800. The zero-order valence-corrected chi connectivity index (χ0v) is 22.5. The van der Waals surface area contributed by atoms with Crippen LogP contribution >= 0.6 is 0 Å². The Balaban J connectivity index is 1.94. The summed E-state index contributed by atoms with van der Waals surface area (Å²) in [4.78, 5) is 25.6. The highest BCUT2D eigenvalue weighted by molar-refractivity contribution is 5.87. The average Bonchev–Trinajstić information content (AvgIpc) is 2.80. The molecular formula is C30H48O4. The van der Waals surface area contributed by atoms with Crippen LogP contribution in [0.25, 0.3) is 0 Å². The van der Waals surface area contributed by atoms with Gasteiger partial charge in [-0.25, -0.2) is 9.59 Å². The van der Waals surface area contributed by atoms with Crippen LogP contribution in [-0.2, 0) is 19.1 Å². The fourth-order valence-corrected chi connectivity index (χ4v) is 7.57. The van der Waals surface area contributed by atoms with Crippen LogP contribution < -0.4 is 0 Å². The number of carbonyl (C=O) groups excluding carboxylic acids is 2. The number of ether oxygens (including phenoxy) is 2. The topological polar surface area (TPSA) is 52.6 Å². The van der Waals surface area contributed by atoms with E-state index in [0.717, 1.165) is 77.0 Å². The molecule has 0 spiro atoms.